The fourth-order valence-corrected chi connectivity index (χ4v) is 2.81. The minimum absolute atomic E-state index is 0.0201. The van der Waals surface area contributed by atoms with Crippen LogP contribution in [-0.2, 0) is 4.79 Å². The molecule has 1 fully saturated rings. The maximum absolute atomic E-state index is 12.1. The summed E-state index contributed by atoms with van der Waals surface area (Å²) < 4.78 is 5.60. The van der Waals surface area contributed by atoms with E-state index in [4.69, 9.17) is 4.74 Å². The van der Waals surface area contributed by atoms with Crippen LogP contribution in [0, 0.1) is 0 Å². The molecule has 0 saturated heterocycles. The number of amides is 1. The number of nitrogens with one attached hydrogen (secondary N) is 2. The van der Waals surface area contributed by atoms with Crippen LogP contribution >= 0.6 is 0 Å². The van der Waals surface area contributed by atoms with E-state index in [2.05, 4.69) is 20.5 Å². The molecule has 0 unspecified atom stereocenters. The second kappa shape index (κ2) is 8.03. The predicted octanol–water partition coefficient (Wildman–Crippen LogP) is 4.15. The molecule has 1 aromatic heterocycles. The Labute approximate surface area is 158 Å². The maximum Gasteiger partial charge on any atom is 0.224 e. The van der Waals surface area contributed by atoms with E-state index in [1.165, 1.54) is 12.8 Å². The van der Waals surface area contributed by atoms with Gasteiger partial charge in [-0.05, 0) is 55.7 Å². The third-order valence-electron chi connectivity index (χ3n) is 4.45. The first kappa shape index (κ1) is 17.3. The van der Waals surface area contributed by atoms with Crippen molar-refractivity contribution >= 4 is 11.6 Å². The van der Waals surface area contributed by atoms with Gasteiger partial charge in [0.1, 0.15) is 11.6 Å². The Morgan fingerprint density at radius 1 is 1.11 bits per heavy atom. The summed E-state index contributed by atoms with van der Waals surface area (Å²) in [5.41, 5.74) is 1.71. The van der Waals surface area contributed by atoms with Crippen molar-refractivity contribution in [3.63, 3.8) is 0 Å². The van der Waals surface area contributed by atoms with Gasteiger partial charge >= 0.3 is 0 Å². The number of hydrogen-bond acceptors (Lipinski definition) is 4. The summed E-state index contributed by atoms with van der Waals surface area (Å²) in [5, 5.41) is 10.2. The summed E-state index contributed by atoms with van der Waals surface area (Å²) in [4.78, 5) is 16.6. The topological polar surface area (TPSA) is 79.9 Å². The summed E-state index contributed by atoms with van der Waals surface area (Å²) in [6.45, 7) is 0.518. The van der Waals surface area contributed by atoms with Crippen molar-refractivity contribution in [2.75, 3.05) is 11.9 Å². The van der Waals surface area contributed by atoms with Crippen molar-refractivity contribution in [3.05, 3.63) is 60.4 Å². The number of carbonyl (C=O) groups is 1. The average Bonchev–Trinajstić information content (AvgIpc) is 3.44. The lowest BCUT2D eigenvalue weighted by atomic mass is 10.2. The van der Waals surface area contributed by atoms with Crippen LogP contribution in [0.25, 0.3) is 11.4 Å². The van der Waals surface area contributed by atoms with E-state index in [9.17, 15) is 4.79 Å². The molecule has 6 nitrogen and oxygen atoms in total. The average molecular weight is 362 g/mol. The molecule has 2 N–H and O–H groups in total. The Hall–Kier alpha value is -3.15. The smallest absolute Gasteiger partial charge is 0.224 e. The largest absolute Gasteiger partial charge is 0.494 e. The fraction of sp³-hybridized carbons (Fsp3) is 0.286. The first-order valence-corrected chi connectivity index (χ1v) is 9.28. The molecule has 1 saturated carbocycles. The number of H-pyrrole nitrogens is 1. The Morgan fingerprint density at radius 2 is 1.89 bits per heavy atom. The zero-order chi connectivity index (χ0) is 18.5. The molecular formula is C21H22N4O2. The number of rotatable bonds is 8. The van der Waals surface area contributed by atoms with Crippen LogP contribution in [0.15, 0.2) is 54.6 Å². The van der Waals surface area contributed by atoms with E-state index in [0.29, 0.717) is 31.2 Å². The summed E-state index contributed by atoms with van der Waals surface area (Å²) in [6.07, 6.45) is 3.46. The molecule has 0 atom stereocenters. The summed E-state index contributed by atoms with van der Waals surface area (Å²) in [5.74, 6) is 3.03. The summed E-state index contributed by atoms with van der Waals surface area (Å²) >= 11 is 0. The molecular weight excluding hydrogens is 340 g/mol. The second-order valence-corrected chi connectivity index (χ2v) is 6.71. The van der Waals surface area contributed by atoms with Crippen LogP contribution in [0.1, 0.15) is 37.4 Å². The maximum atomic E-state index is 12.1. The molecule has 27 heavy (non-hydrogen) atoms. The number of nitrogens with zero attached hydrogens (tertiary/aromatic N) is 2. The molecule has 0 radical (unpaired) electrons. The number of ether oxygens (including phenoxy) is 1. The minimum atomic E-state index is -0.0201. The van der Waals surface area contributed by atoms with Crippen LogP contribution in [0.2, 0.25) is 0 Å². The van der Waals surface area contributed by atoms with E-state index < -0.39 is 0 Å². The Morgan fingerprint density at radius 3 is 2.63 bits per heavy atom. The number of aromatic amines is 1. The first-order valence-electron chi connectivity index (χ1n) is 9.28. The van der Waals surface area contributed by atoms with Gasteiger partial charge < -0.3 is 10.1 Å². The SMILES string of the molecule is O=C(CCCOc1ccccc1)Nc1ccc(-c2n[nH]c(C3CC3)n2)cc1. The molecule has 1 amide bonds. The fourth-order valence-electron chi connectivity index (χ4n) is 2.81. The monoisotopic (exact) mass is 362 g/mol. The normalized spacial score (nSPS) is 13.3. The van der Waals surface area contributed by atoms with Gasteiger partial charge in [-0.15, -0.1) is 0 Å². The van der Waals surface area contributed by atoms with Gasteiger partial charge in [0.2, 0.25) is 5.91 Å². The third-order valence-corrected chi connectivity index (χ3v) is 4.45. The van der Waals surface area contributed by atoms with E-state index in [0.717, 1.165) is 22.8 Å². The van der Waals surface area contributed by atoms with E-state index >= 15 is 0 Å². The highest BCUT2D eigenvalue weighted by molar-refractivity contribution is 5.90. The van der Waals surface area contributed by atoms with Gasteiger partial charge in [0.15, 0.2) is 5.82 Å². The van der Waals surface area contributed by atoms with Crippen LogP contribution < -0.4 is 10.1 Å². The lowest BCUT2D eigenvalue weighted by Crippen LogP contribution is -2.12. The molecule has 2 aromatic carbocycles. The predicted molar refractivity (Wildman–Crippen MR) is 104 cm³/mol. The van der Waals surface area contributed by atoms with Crippen LogP contribution in [0.4, 0.5) is 5.69 Å². The highest BCUT2D eigenvalue weighted by Crippen LogP contribution is 2.38. The van der Waals surface area contributed by atoms with E-state index in [-0.39, 0.29) is 5.91 Å². The van der Waals surface area contributed by atoms with Gasteiger partial charge in [-0.25, -0.2) is 4.98 Å². The van der Waals surface area contributed by atoms with E-state index in [1.807, 2.05) is 54.6 Å². The van der Waals surface area contributed by atoms with Gasteiger partial charge in [0.25, 0.3) is 0 Å². The molecule has 0 aliphatic heterocycles. The van der Waals surface area contributed by atoms with Gasteiger partial charge in [0, 0.05) is 23.6 Å². The summed E-state index contributed by atoms with van der Waals surface area (Å²) in [6, 6.07) is 17.2. The molecule has 3 aromatic rings. The van der Waals surface area contributed by atoms with Crippen molar-refractivity contribution in [3.8, 4) is 17.1 Å². The molecule has 1 heterocycles. The molecule has 1 aliphatic carbocycles. The van der Waals surface area contributed by atoms with Crippen molar-refractivity contribution in [2.24, 2.45) is 0 Å². The highest BCUT2D eigenvalue weighted by Gasteiger charge is 2.27. The minimum Gasteiger partial charge on any atom is -0.494 e. The Bertz CT molecular complexity index is 886. The van der Waals surface area contributed by atoms with Gasteiger partial charge in [-0.3, -0.25) is 9.89 Å². The number of para-hydroxylation sites is 1. The van der Waals surface area contributed by atoms with Gasteiger partial charge in [0.05, 0.1) is 6.61 Å². The number of benzene rings is 2. The van der Waals surface area contributed by atoms with Gasteiger partial charge in [-0.1, -0.05) is 18.2 Å². The van der Waals surface area contributed by atoms with Crippen molar-refractivity contribution in [1.82, 2.24) is 15.2 Å². The standard InChI is InChI=1S/C21H22N4O2/c26-19(7-4-14-27-18-5-2-1-3-6-18)22-17-12-10-16(11-13-17)21-23-20(24-25-21)15-8-9-15/h1-3,5-6,10-13,15H,4,7-9,14H2,(H,22,26)(H,23,24,25). The number of carbonyl (C=O) groups excluding carboxylic acids is 1. The Kier molecular flexibility index (Phi) is 5.14. The van der Waals surface area contributed by atoms with Crippen molar-refractivity contribution in [1.29, 1.82) is 0 Å². The zero-order valence-electron chi connectivity index (χ0n) is 15.0. The van der Waals surface area contributed by atoms with Crippen LogP contribution in [-0.4, -0.2) is 27.7 Å². The molecule has 6 heteroatoms. The van der Waals surface area contributed by atoms with E-state index in [1.54, 1.807) is 0 Å². The van der Waals surface area contributed by atoms with Crippen LogP contribution in [0.5, 0.6) is 5.75 Å². The van der Waals surface area contributed by atoms with Crippen LogP contribution in [0.3, 0.4) is 0 Å². The quantitative estimate of drug-likeness (QED) is 0.590. The number of hydrogen-bond donors (Lipinski definition) is 2. The number of aromatic nitrogens is 3. The van der Waals surface area contributed by atoms with Crippen molar-refractivity contribution in [2.45, 2.75) is 31.6 Å². The molecule has 4 rings (SSSR count). The molecule has 0 spiro atoms. The third kappa shape index (κ3) is 4.73. The second-order valence-electron chi connectivity index (χ2n) is 6.71. The highest BCUT2D eigenvalue weighted by atomic mass is 16.5. The molecule has 138 valence electrons. The lowest BCUT2D eigenvalue weighted by molar-refractivity contribution is -0.116. The number of anilines is 1. The lowest BCUT2D eigenvalue weighted by Gasteiger charge is -2.07. The molecule has 1 aliphatic rings. The van der Waals surface area contributed by atoms with Crippen molar-refractivity contribution < 1.29 is 9.53 Å². The summed E-state index contributed by atoms with van der Waals surface area (Å²) in [7, 11) is 0. The zero-order valence-corrected chi connectivity index (χ0v) is 15.0. The van der Waals surface area contributed by atoms with Gasteiger partial charge in [-0.2, -0.15) is 5.10 Å². The molecule has 0 bridgehead atoms. The first-order chi connectivity index (χ1) is 13.3. The Balaban J connectivity index is 1.23.